The van der Waals surface area contributed by atoms with Gasteiger partial charge in [-0.15, -0.1) is 11.8 Å². The lowest BCUT2D eigenvalue weighted by molar-refractivity contribution is -0.157. The Kier molecular flexibility index (Phi) is 10.2. The van der Waals surface area contributed by atoms with Gasteiger partial charge in [-0.1, -0.05) is 48.5 Å². The van der Waals surface area contributed by atoms with Gasteiger partial charge in [0.1, 0.15) is 29.9 Å². The van der Waals surface area contributed by atoms with Gasteiger partial charge in [-0.25, -0.2) is 19.2 Å². The Balaban J connectivity index is 1.65. The van der Waals surface area contributed by atoms with E-state index >= 15 is 0 Å². The van der Waals surface area contributed by atoms with Crippen molar-refractivity contribution in [1.29, 1.82) is 0 Å². The monoisotopic (exact) mass is 578 g/mol. The van der Waals surface area contributed by atoms with Crippen molar-refractivity contribution in [2.24, 2.45) is 0 Å². The van der Waals surface area contributed by atoms with Crippen LogP contribution in [-0.4, -0.2) is 59.1 Å². The highest BCUT2D eigenvalue weighted by atomic mass is 16.6. The smallest absolute Gasteiger partial charge is 0.408 e. The average molecular weight is 579 g/mol. The zero-order valence-electron chi connectivity index (χ0n) is 24.8. The highest BCUT2D eigenvalue weighted by Crippen LogP contribution is 2.44. The molecule has 0 saturated heterocycles. The molecule has 0 spiro atoms. The molecule has 3 N–H and O–H groups in total. The second kappa shape index (κ2) is 13.4. The van der Waals surface area contributed by atoms with Crippen molar-refractivity contribution in [1.82, 2.24) is 10.6 Å². The fourth-order valence-corrected chi connectivity index (χ4v) is 4.35. The topological polar surface area (TPSA) is 140 Å². The number of fused-ring (bicyclic) bond motifs is 3. The second-order valence-corrected chi connectivity index (χ2v) is 11.9. The molecule has 2 atom stereocenters. The molecule has 0 fully saturated rings. The van der Waals surface area contributed by atoms with Crippen LogP contribution >= 0.6 is 0 Å². The van der Waals surface area contributed by atoms with Crippen LogP contribution in [0.3, 0.4) is 0 Å². The van der Waals surface area contributed by atoms with Crippen molar-refractivity contribution >= 4 is 24.1 Å². The number of rotatable bonds is 8. The van der Waals surface area contributed by atoms with Crippen molar-refractivity contribution in [3.63, 3.8) is 0 Å². The summed E-state index contributed by atoms with van der Waals surface area (Å²) >= 11 is 0. The van der Waals surface area contributed by atoms with E-state index in [0.717, 1.165) is 22.3 Å². The number of hydrogen-bond acceptors (Lipinski definition) is 7. The third kappa shape index (κ3) is 9.26. The largest absolute Gasteiger partial charge is 0.480 e. The van der Waals surface area contributed by atoms with Crippen molar-refractivity contribution < 1.29 is 38.5 Å². The van der Waals surface area contributed by atoms with Crippen LogP contribution < -0.4 is 10.6 Å². The summed E-state index contributed by atoms with van der Waals surface area (Å²) in [5.74, 6) is 3.19. The molecule has 2 aromatic carbocycles. The maximum Gasteiger partial charge on any atom is 0.408 e. The third-order valence-electron chi connectivity index (χ3n) is 6.05. The first kappa shape index (κ1) is 32.0. The molecule has 0 aliphatic heterocycles. The molecular formula is C32H38N2O8. The number of amides is 2. The zero-order valence-corrected chi connectivity index (χ0v) is 24.8. The average Bonchev–Trinajstić information content (AvgIpc) is 3.20. The number of carbonyl (C=O) groups is 4. The van der Waals surface area contributed by atoms with E-state index in [0.29, 0.717) is 0 Å². The van der Waals surface area contributed by atoms with Crippen molar-refractivity contribution in [3.8, 4) is 23.0 Å². The standard InChI is InChI=1S/C32H38N2O8/c1-31(2,3)41-28(37)26(18-12-11-17-25(27(35)36)33-30(39)42-32(4,5)6)34-29(38)40-19-24-22-15-9-7-13-20(22)21-14-8-10-16-23(21)24/h7-10,13-16,24-26H,17-19H2,1-6H3,(H,33,39)(H,34,38)(H,35,36)/t25-,26-/m0/s1. The van der Waals surface area contributed by atoms with E-state index in [1.165, 1.54) is 0 Å². The molecule has 0 heterocycles. The van der Waals surface area contributed by atoms with E-state index in [-0.39, 0.29) is 25.4 Å². The lowest BCUT2D eigenvalue weighted by Gasteiger charge is -2.24. The van der Waals surface area contributed by atoms with Crippen molar-refractivity contribution in [2.45, 2.75) is 83.6 Å². The number of hydrogen-bond donors (Lipinski definition) is 3. The molecule has 2 aromatic rings. The van der Waals surface area contributed by atoms with Gasteiger partial charge in [-0.3, -0.25) is 0 Å². The molecule has 0 saturated carbocycles. The van der Waals surface area contributed by atoms with Gasteiger partial charge in [0, 0.05) is 18.8 Å². The van der Waals surface area contributed by atoms with Crippen molar-refractivity contribution in [3.05, 3.63) is 59.7 Å². The number of carboxylic acid groups (broad SMARTS) is 1. The van der Waals surface area contributed by atoms with Crippen LogP contribution in [0.4, 0.5) is 9.59 Å². The molecule has 1 aliphatic carbocycles. The predicted octanol–water partition coefficient (Wildman–Crippen LogP) is 5.00. The van der Waals surface area contributed by atoms with Crippen LogP contribution in [0.5, 0.6) is 0 Å². The van der Waals surface area contributed by atoms with Gasteiger partial charge in [0.25, 0.3) is 0 Å². The van der Waals surface area contributed by atoms with Crippen molar-refractivity contribution in [2.75, 3.05) is 6.61 Å². The van der Waals surface area contributed by atoms with Crippen LogP contribution in [0.25, 0.3) is 11.1 Å². The van der Waals surface area contributed by atoms with E-state index in [1.807, 2.05) is 48.5 Å². The molecule has 3 rings (SSSR count). The third-order valence-corrected chi connectivity index (χ3v) is 6.05. The zero-order chi connectivity index (χ0) is 31.1. The van der Waals surface area contributed by atoms with Gasteiger partial charge in [-0.05, 0) is 63.8 Å². The number of carbonyl (C=O) groups excluding carboxylic acids is 3. The highest BCUT2D eigenvalue weighted by Gasteiger charge is 2.31. The fourth-order valence-electron chi connectivity index (χ4n) is 4.35. The SMILES string of the molecule is CC(C)(C)OC(=O)N[C@@H](CC#CC[C@H](NC(=O)OCC1c2ccccc2-c2ccccc21)C(=O)OC(C)(C)C)C(=O)O. The van der Waals surface area contributed by atoms with Crippen LogP contribution in [0.2, 0.25) is 0 Å². The molecule has 224 valence electrons. The summed E-state index contributed by atoms with van der Waals surface area (Å²) in [7, 11) is 0. The molecular weight excluding hydrogens is 540 g/mol. The Hall–Kier alpha value is -4.52. The van der Waals surface area contributed by atoms with Gasteiger partial charge >= 0.3 is 24.1 Å². The highest BCUT2D eigenvalue weighted by molar-refractivity contribution is 5.83. The first-order valence-corrected chi connectivity index (χ1v) is 13.7. The molecule has 10 nitrogen and oxygen atoms in total. The van der Waals surface area contributed by atoms with Crippen LogP contribution in [0.15, 0.2) is 48.5 Å². The van der Waals surface area contributed by atoms with Gasteiger partial charge < -0.3 is 30.0 Å². The summed E-state index contributed by atoms with van der Waals surface area (Å²) in [6.07, 6.45) is -2.12. The fraction of sp³-hybridized carbons (Fsp3) is 0.438. The molecule has 0 bridgehead atoms. The summed E-state index contributed by atoms with van der Waals surface area (Å²) in [6.45, 7) is 10.1. The Morgan fingerprint density at radius 1 is 0.762 bits per heavy atom. The van der Waals surface area contributed by atoms with E-state index < -0.39 is 47.4 Å². The van der Waals surface area contributed by atoms with Crippen LogP contribution in [0.1, 0.15) is 71.4 Å². The van der Waals surface area contributed by atoms with E-state index in [1.54, 1.807) is 41.5 Å². The van der Waals surface area contributed by atoms with Gasteiger partial charge in [-0.2, -0.15) is 0 Å². The summed E-state index contributed by atoms with van der Waals surface area (Å²) in [4.78, 5) is 49.3. The Bertz CT molecular complexity index is 1330. The normalized spacial score (nSPS) is 13.8. The molecule has 0 radical (unpaired) electrons. The minimum atomic E-state index is -1.33. The lowest BCUT2D eigenvalue weighted by atomic mass is 9.98. The maximum atomic E-state index is 12.9. The molecule has 10 heteroatoms. The number of alkyl carbamates (subject to hydrolysis) is 2. The minimum absolute atomic E-state index is 0.0587. The number of nitrogens with one attached hydrogen (secondary N) is 2. The maximum absolute atomic E-state index is 12.9. The Labute approximate surface area is 246 Å². The summed E-state index contributed by atoms with van der Waals surface area (Å²) in [6, 6.07) is 13.4. The number of esters is 1. The summed E-state index contributed by atoms with van der Waals surface area (Å²) < 4.78 is 16.1. The number of carboxylic acids is 1. The van der Waals surface area contributed by atoms with Crippen LogP contribution in [-0.2, 0) is 23.8 Å². The lowest BCUT2D eigenvalue weighted by Crippen LogP contribution is -2.44. The van der Waals surface area contributed by atoms with E-state index in [4.69, 9.17) is 14.2 Å². The Morgan fingerprint density at radius 2 is 1.24 bits per heavy atom. The molecule has 2 amide bonds. The molecule has 0 unspecified atom stereocenters. The molecule has 0 aromatic heterocycles. The first-order valence-electron chi connectivity index (χ1n) is 13.7. The molecule has 42 heavy (non-hydrogen) atoms. The molecule has 1 aliphatic rings. The number of ether oxygens (including phenoxy) is 3. The van der Waals surface area contributed by atoms with Gasteiger partial charge in [0.15, 0.2) is 0 Å². The van der Waals surface area contributed by atoms with Gasteiger partial charge in [0.05, 0.1) is 0 Å². The quantitative estimate of drug-likeness (QED) is 0.226. The van der Waals surface area contributed by atoms with E-state index in [2.05, 4.69) is 22.5 Å². The number of benzene rings is 2. The van der Waals surface area contributed by atoms with Gasteiger partial charge in [0.2, 0.25) is 0 Å². The minimum Gasteiger partial charge on any atom is -0.480 e. The Morgan fingerprint density at radius 3 is 1.74 bits per heavy atom. The number of aliphatic carboxylic acids is 1. The summed E-state index contributed by atoms with van der Waals surface area (Å²) in [5.41, 5.74) is 2.65. The van der Waals surface area contributed by atoms with E-state index in [9.17, 15) is 24.3 Å². The second-order valence-electron chi connectivity index (χ2n) is 11.9. The summed E-state index contributed by atoms with van der Waals surface area (Å²) in [5, 5.41) is 14.2. The van der Waals surface area contributed by atoms with Crippen LogP contribution in [0, 0.1) is 11.8 Å². The first-order chi connectivity index (χ1) is 19.6. The predicted molar refractivity (Wildman–Crippen MR) is 156 cm³/mol.